The van der Waals surface area contributed by atoms with E-state index in [0.717, 1.165) is 17.3 Å². The van der Waals surface area contributed by atoms with E-state index < -0.39 is 0 Å². The molecule has 1 aromatic heterocycles. The highest BCUT2D eigenvalue weighted by Gasteiger charge is 2.25. The van der Waals surface area contributed by atoms with Crippen molar-refractivity contribution in [3.05, 3.63) is 51.8 Å². The van der Waals surface area contributed by atoms with E-state index in [0.29, 0.717) is 12.1 Å². The first-order valence-corrected chi connectivity index (χ1v) is 8.50. The zero-order valence-electron chi connectivity index (χ0n) is 12.6. The van der Waals surface area contributed by atoms with Crippen molar-refractivity contribution in [1.82, 2.24) is 15.1 Å². The molecule has 1 heterocycles. The molecule has 1 aliphatic rings. The topological polar surface area (TPSA) is 29.9 Å². The third-order valence-corrected chi connectivity index (χ3v) is 4.93. The molecule has 0 saturated carbocycles. The van der Waals surface area contributed by atoms with Crippen molar-refractivity contribution in [1.29, 1.82) is 0 Å². The number of benzene rings is 1. The standard InChI is InChI=1S/C17H22BrN3/c1-3-15(12-6-4-7-13(18)10-12)20-16-8-5-9-17-14(16)11-19-21(17)2/h4,6-7,10-11,15-16,20H,3,5,8-9H2,1-2H3. The number of hydrogen-bond acceptors (Lipinski definition) is 2. The van der Waals surface area contributed by atoms with Gasteiger partial charge in [-0.15, -0.1) is 0 Å². The number of aryl methyl sites for hydroxylation is 1. The zero-order valence-corrected chi connectivity index (χ0v) is 14.2. The Bertz CT molecular complexity index is 620. The number of fused-ring (bicyclic) bond motifs is 1. The second-order valence-electron chi connectivity index (χ2n) is 5.80. The van der Waals surface area contributed by atoms with Crippen molar-refractivity contribution < 1.29 is 0 Å². The summed E-state index contributed by atoms with van der Waals surface area (Å²) >= 11 is 3.57. The lowest BCUT2D eigenvalue weighted by Gasteiger charge is -2.29. The first-order valence-electron chi connectivity index (χ1n) is 7.71. The van der Waals surface area contributed by atoms with Crippen LogP contribution < -0.4 is 5.32 Å². The summed E-state index contributed by atoms with van der Waals surface area (Å²) in [5.74, 6) is 0. The Morgan fingerprint density at radius 1 is 1.48 bits per heavy atom. The lowest BCUT2D eigenvalue weighted by atomic mass is 9.91. The summed E-state index contributed by atoms with van der Waals surface area (Å²) in [5.41, 5.74) is 4.13. The molecular weight excluding hydrogens is 326 g/mol. The second-order valence-corrected chi connectivity index (χ2v) is 6.71. The van der Waals surface area contributed by atoms with E-state index in [9.17, 15) is 0 Å². The molecule has 1 aliphatic carbocycles. The maximum Gasteiger partial charge on any atom is 0.0540 e. The molecule has 0 radical (unpaired) electrons. The van der Waals surface area contributed by atoms with Gasteiger partial charge in [-0.1, -0.05) is 35.0 Å². The highest BCUT2D eigenvalue weighted by atomic mass is 79.9. The molecular formula is C17H22BrN3. The summed E-state index contributed by atoms with van der Waals surface area (Å²) in [7, 11) is 2.05. The Hall–Kier alpha value is -1.13. The van der Waals surface area contributed by atoms with E-state index in [1.54, 1.807) is 0 Å². The van der Waals surface area contributed by atoms with Gasteiger partial charge in [-0.2, -0.15) is 5.10 Å². The summed E-state index contributed by atoms with van der Waals surface area (Å²) in [6, 6.07) is 9.42. The summed E-state index contributed by atoms with van der Waals surface area (Å²) in [6.07, 6.45) is 6.71. The molecule has 2 atom stereocenters. The average molecular weight is 348 g/mol. The Balaban J connectivity index is 1.82. The quantitative estimate of drug-likeness (QED) is 0.893. The van der Waals surface area contributed by atoms with Crippen LogP contribution in [0.4, 0.5) is 0 Å². The normalized spacial score (nSPS) is 19.3. The van der Waals surface area contributed by atoms with Gasteiger partial charge in [0, 0.05) is 34.9 Å². The molecule has 3 rings (SSSR count). The fourth-order valence-corrected chi connectivity index (χ4v) is 3.71. The van der Waals surface area contributed by atoms with Gasteiger partial charge in [-0.25, -0.2) is 0 Å². The van der Waals surface area contributed by atoms with Crippen LogP contribution in [0.2, 0.25) is 0 Å². The third-order valence-electron chi connectivity index (χ3n) is 4.44. The number of aromatic nitrogens is 2. The number of nitrogens with zero attached hydrogens (tertiary/aromatic N) is 2. The van der Waals surface area contributed by atoms with Crippen molar-refractivity contribution in [2.75, 3.05) is 0 Å². The van der Waals surface area contributed by atoms with E-state index in [2.05, 4.69) is 57.5 Å². The van der Waals surface area contributed by atoms with Crippen LogP contribution in [0.15, 0.2) is 34.9 Å². The molecule has 0 spiro atoms. The molecule has 1 N–H and O–H groups in total. The minimum absolute atomic E-state index is 0.388. The monoisotopic (exact) mass is 347 g/mol. The van der Waals surface area contributed by atoms with Gasteiger partial charge in [0.05, 0.1) is 6.20 Å². The highest BCUT2D eigenvalue weighted by molar-refractivity contribution is 9.10. The maximum atomic E-state index is 4.44. The summed E-state index contributed by atoms with van der Waals surface area (Å²) in [6.45, 7) is 2.24. The van der Waals surface area contributed by atoms with E-state index in [1.807, 2.05) is 17.9 Å². The van der Waals surface area contributed by atoms with Gasteiger partial charge in [-0.3, -0.25) is 4.68 Å². The Kier molecular flexibility index (Phi) is 4.45. The van der Waals surface area contributed by atoms with Crippen LogP contribution in [0, 0.1) is 0 Å². The number of nitrogens with one attached hydrogen (secondary N) is 1. The van der Waals surface area contributed by atoms with Crippen molar-refractivity contribution in [2.45, 2.75) is 44.7 Å². The fraction of sp³-hybridized carbons (Fsp3) is 0.471. The van der Waals surface area contributed by atoms with Crippen LogP contribution in [0.25, 0.3) is 0 Å². The van der Waals surface area contributed by atoms with Crippen LogP contribution in [-0.2, 0) is 13.5 Å². The summed E-state index contributed by atoms with van der Waals surface area (Å²) < 4.78 is 3.18. The predicted octanol–water partition coefficient (Wildman–Crippen LogP) is 4.30. The largest absolute Gasteiger partial charge is 0.303 e. The van der Waals surface area contributed by atoms with Crippen molar-refractivity contribution in [3.8, 4) is 0 Å². The maximum absolute atomic E-state index is 4.44. The number of halogens is 1. The zero-order chi connectivity index (χ0) is 14.8. The number of rotatable bonds is 4. The lowest BCUT2D eigenvalue weighted by Crippen LogP contribution is -2.29. The molecule has 2 aromatic rings. The molecule has 2 unspecified atom stereocenters. The molecule has 0 saturated heterocycles. The Morgan fingerprint density at radius 2 is 2.33 bits per heavy atom. The van der Waals surface area contributed by atoms with E-state index >= 15 is 0 Å². The first kappa shape index (κ1) is 14.8. The van der Waals surface area contributed by atoms with E-state index in [4.69, 9.17) is 0 Å². The van der Waals surface area contributed by atoms with Crippen molar-refractivity contribution in [2.24, 2.45) is 7.05 Å². The molecule has 4 heteroatoms. The number of hydrogen-bond donors (Lipinski definition) is 1. The van der Waals surface area contributed by atoms with Crippen LogP contribution in [0.1, 0.15) is 55.1 Å². The molecule has 1 aromatic carbocycles. The fourth-order valence-electron chi connectivity index (χ4n) is 3.30. The molecule has 21 heavy (non-hydrogen) atoms. The Labute approximate surface area is 134 Å². The van der Waals surface area contributed by atoms with Crippen LogP contribution in [0.5, 0.6) is 0 Å². The highest BCUT2D eigenvalue weighted by Crippen LogP contribution is 2.32. The third kappa shape index (κ3) is 3.06. The first-order chi connectivity index (χ1) is 10.2. The van der Waals surface area contributed by atoms with Gasteiger partial charge in [0.2, 0.25) is 0 Å². The summed E-state index contributed by atoms with van der Waals surface area (Å²) in [4.78, 5) is 0. The van der Waals surface area contributed by atoms with Gasteiger partial charge in [0.15, 0.2) is 0 Å². The summed E-state index contributed by atoms with van der Waals surface area (Å²) in [5, 5.41) is 8.28. The van der Waals surface area contributed by atoms with Gasteiger partial charge >= 0.3 is 0 Å². The average Bonchev–Trinajstić information content (AvgIpc) is 2.87. The van der Waals surface area contributed by atoms with E-state index in [-0.39, 0.29) is 0 Å². The molecule has 0 fully saturated rings. The molecule has 0 aliphatic heterocycles. The van der Waals surface area contributed by atoms with Crippen molar-refractivity contribution >= 4 is 15.9 Å². The van der Waals surface area contributed by atoms with Crippen LogP contribution in [-0.4, -0.2) is 9.78 Å². The Morgan fingerprint density at radius 3 is 3.10 bits per heavy atom. The van der Waals surface area contributed by atoms with Crippen LogP contribution in [0.3, 0.4) is 0 Å². The molecule has 0 amide bonds. The molecule has 112 valence electrons. The second kappa shape index (κ2) is 6.32. The lowest BCUT2D eigenvalue weighted by molar-refractivity contribution is 0.390. The molecule has 3 nitrogen and oxygen atoms in total. The van der Waals surface area contributed by atoms with Gasteiger partial charge in [0.1, 0.15) is 0 Å². The minimum atomic E-state index is 0.388. The van der Waals surface area contributed by atoms with Gasteiger partial charge in [0.25, 0.3) is 0 Å². The van der Waals surface area contributed by atoms with Gasteiger partial charge < -0.3 is 5.32 Å². The van der Waals surface area contributed by atoms with Crippen molar-refractivity contribution in [3.63, 3.8) is 0 Å². The predicted molar refractivity (Wildman–Crippen MR) is 89.2 cm³/mol. The van der Waals surface area contributed by atoms with E-state index in [1.165, 1.54) is 29.7 Å². The van der Waals surface area contributed by atoms with Gasteiger partial charge in [-0.05, 0) is 43.4 Å². The molecule has 0 bridgehead atoms. The minimum Gasteiger partial charge on any atom is -0.303 e. The van der Waals surface area contributed by atoms with Crippen LogP contribution >= 0.6 is 15.9 Å². The SMILES string of the molecule is CCC(NC1CCCc2c1cnn2C)c1cccc(Br)c1. The smallest absolute Gasteiger partial charge is 0.0540 e.